The first kappa shape index (κ1) is 8.87. The summed E-state index contributed by atoms with van der Waals surface area (Å²) in [4.78, 5) is 12.8. The highest BCUT2D eigenvalue weighted by Gasteiger charge is 2.19. The number of hydrogen-bond donors (Lipinski definition) is 1. The van der Waals surface area contributed by atoms with Crippen molar-refractivity contribution in [3.8, 4) is 0 Å². The molecule has 0 aromatic carbocycles. The Morgan fingerprint density at radius 2 is 2.09 bits per heavy atom. The van der Waals surface area contributed by atoms with Crippen LogP contribution in [0.3, 0.4) is 0 Å². The molecule has 0 aliphatic carbocycles. The summed E-state index contributed by atoms with van der Waals surface area (Å²) < 4.78 is 0. The quantitative estimate of drug-likeness (QED) is 0.592. The lowest BCUT2D eigenvalue weighted by Gasteiger charge is -2.29. The highest BCUT2D eigenvalue weighted by molar-refractivity contribution is 7.97. The molecule has 1 rings (SSSR count). The van der Waals surface area contributed by atoms with Crippen molar-refractivity contribution >= 4 is 17.9 Å². The number of carbonyl (C=O) groups excluding carboxylic acids is 1. The summed E-state index contributed by atoms with van der Waals surface area (Å²) in [5.74, 6) is 0.186. The SMILES string of the molecule is CC(=O)N1CCC(SN)CC1. The Balaban J connectivity index is 2.30. The third-order valence-electron chi connectivity index (χ3n) is 2.08. The van der Waals surface area contributed by atoms with Crippen LogP contribution < -0.4 is 5.14 Å². The molecule has 0 atom stereocenters. The summed E-state index contributed by atoms with van der Waals surface area (Å²) in [5, 5.41) is 6.00. The number of likely N-dealkylation sites (tertiary alicyclic amines) is 1. The van der Waals surface area contributed by atoms with Crippen LogP contribution in [0.1, 0.15) is 19.8 Å². The monoisotopic (exact) mass is 174 g/mol. The van der Waals surface area contributed by atoms with Crippen LogP contribution in [0.25, 0.3) is 0 Å². The molecular formula is C7H14N2OS. The van der Waals surface area contributed by atoms with Crippen molar-refractivity contribution in [3.63, 3.8) is 0 Å². The van der Waals surface area contributed by atoms with Crippen molar-refractivity contribution in [1.82, 2.24) is 4.90 Å². The van der Waals surface area contributed by atoms with Crippen molar-refractivity contribution in [1.29, 1.82) is 0 Å². The topological polar surface area (TPSA) is 46.3 Å². The molecule has 64 valence electrons. The van der Waals surface area contributed by atoms with Crippen molar-refractivity contribution in [2.45, 2.75) is 25.0 Å². The molecule has 1 amide bonds. The maximum absolute atomic E-state index is 10.9. The van der Waals surface area contributed by atoms with Crippen molar-refractivity contribution in [3.05, 3.63) is 0 Å². The lowest BCUT2D eigenvalue weighted by molar-refractivity contribution is -0.129. The molecule has 1 aliphatic rings. The van der Waals surface area contributed by atoms with E-state index in [1.165, 1.54) is 11.9 Å². The first-order chi connectivity index (χ1) is 5.24. The van der Waals surface area contributed by atoms with Crippen LogP contribution >= 0.6 is 11.9 Å². The molecule has 0 unspecified atom stereocenters. The van der Waals surface area contributed by atoms with Gasteiger partial charge in [-0.15, -0.1) is 0 Å². The first-order valence-corrected chi connectivity index (χ1v) is 4.79. The summed E-state index contributed by atoms with van der Waals surface area (Å²) in [6.07, 6.45) is 2.08. The van der Waals surface area contributed by atoms with E-state index in [1.807, 2.05) is 4.90 Å². The predicted octanol–water partition coefficient (Wildman–Crippen LogP) is 0.604. The fourth-order valence-corrected chi connectivity index (χ4v) is 1.79. The molecule has 1 heterocycles. The molecule has 0 bridgehead atoms. The van der Waals surface area contributed by atoms with Gasteiger partial charge in [-0.25, -0.2) is 0 Å². The van der Waals surface area contributed by atoms with Gasteiger partial charge < -0.3 is 4.90 Å². The second kappa shape index (κ2) is 3.97. The van der Waals surface area contributed by atoms with Gasteiger partial charge in [0.1, 0.15) is 0 Å². The van der Waals surface area contributed by atoms with E-state index in [1.54, 1.807) is 6.92 Å². The normalized spacial score (nSPS) is 20.4. The standard InChI is InChI=1S/C7H14N2OS/c1-6(10)9-4-2-7(11-8)3-5-9/h7H,2-5,8H2,1H3. The number of rotatable bonds is 1. The molecule has 4 heteroatoms. The predicted molar refractivity (Wildman–Crippen MR) is 47.1 cm³/mol. The van der Waals surface area contributed by atoms with E-state index in [0.717, 1.165) is 25.9 Å². The molecule has 0 saturated carbocycles. The Bertz CT molecular complexity index is 143. The fourth-order valence-electron chi connectivity index (χ4n) is 1.31. The number of amides is 1. The van der Waals surface area contributed by atoms with E-state index >= 15 is 0 Å². The van der Waals surface area contributed by atoms with Crippen molar-refractivity contribution in [2.24, 2.45) is 5.14 Å². The zero-order chi connectivity index (χ0) is 8.27. The van der Waals surface area contributed by atoms with E-state index < -0.39 is 0 Å². The molecule has 3 nitrogen and oxygen atoms in total. The number of nitrogens with two attached hydrogens (primary N) is 1. The summed E-state index contributed by atoms with van der Waals surface area (Å²) >= 11 is 1.42. The molecule has 11 heavy (non-hydrogen) atoms. The van der Waals surface area contributed by atoms with Crippen LogP contribution in [0, 0.1) is 0 Å². The average molecular weight is 174 g/mol. The third kappa shape index (κ3) is 2.38. The molecule has 0 spiro atoms. The third-order valence-corrected chi connectivity index (χ3v) is 2.94. The van der Waals surface area contributed by atoms with E-state index in [4.69, 9.17) is 5.14 Å². The average Bonchev–Trinajstić information content (AvgIpc) is 2.05. The van der Waals surface area contributed by atoms with Gasteiger partial charge in [-0.1, -0.05) is 11.9 Å². The maximum Gasteiger partial charge on any atom is 0.219 e. The van der Waals surface area contributed by atoms with Crippen LogP contribution in [0.4, 0.5) is 0 Å². The second-order valence-corrected chi connectivity index (χ2v) is 3.78. The first-order valence-electron chi connectivity index (χ1n) is 3.85. The molecule has 1 aliphatic heterocycles. The Kier molecular flexibility index (Phi) is 3.20. The molecule has 1 saturated heterocycles. The largest absolute Gasteiger partial charge is 0.343 e. The van der Waals surface area contributed by atoms with Gasteiger partial charge >= 0.3 is 0 Å². The van der Waals surface area contributed by atoms with E-state index in [0.29, 0.717) is 5.25 Å². The van der Waals surface area contributed by atoms with Crippen LogP contribution in [-0.4, -0.2) is 29.1 Å². The van der Waals surface area contributed by atoms with Crippen LogP contribution in [0.2, 0.25) is 0 Å². The minimum atomic E-state index is 0.186. The number of hydrogen-bond acceptors (Lipinski definition) is 3. The zero-order valence-electron chi connectivity index (χ0n) is 6.75. The second-order valence-electron chi connectivity index (χ2n) is 2.84. The van der Waals surface area contributed by atoms with Gasteiger partial charge in [0.25, 0.3) is 0 Å². The van der Waals surface area contributed by atoms with Crippen molar-refractivity contribution in [2.75, 3.05) is 13.1 Å². The fraction of sp³-hybridized carbons (Fsp3) is 0.857. The smallest absolute Gasteiger partial charge is 0.219 e. The lowest BCUT2D eigenvalue weighted by Crippen LogP contribution is -2.38. The van der Waals surface area contributed by atoms with Gasteiger partial charge in [0.05, 0.1) is 0 Å². The number of piperidine rings is 1. The van der Waals surface area contributed by atoms with Gasteiger partial charge in [-0.2, -0.15) is 0 Å². The Hall–Kier alpha value is -0.220. The van der Waals surface area contributed by atoms with Crippen molar-refractivity contribution < 1.29 is 4.79 Å². The van der Waals surface area contributed by atoms with Crippen LogP contribution in [0.15, 0.2) is 0 Å². The van der Waals surface area contributed by atoms with Crippen LogP contribution in [-0.2, 0) is 4.79 Å². The molecule has 0 aromatic heterocycles. The Labute approximate surface area is 71.4 Å². The van der Waals surface area contributed by atoms with Gasteiger partial charge in [0.15, 0.2) is 0 Å². The Morgan fingerprint density at radius 3 is 2.45 bits per heavy atom. The highest BCUT2D eigenvalue weighted by atomic mass is 32.2. The summed E-state index contributed by atoms with van der Waals surface area (Å²) in [6, 6.07) is 0. The lowest BCUT2D eigenvalue weighted by atomic mass is 10.1. The Morgan fingerprint density at radius 1 is 1.55 bits per heavy atom. The zero-order valence-corrected chi connectivity index (χ0v) is 7.56. The maximum atomic E-state index is 10.9. The minimum Gasteiger partial charge on any atom is -0.343 e. The minimum absolute atomic E-state index is 0.186. The number of nitrogens with zero attached hydrogens (tertiary/aromatic N) is 1. The van der Waals surface area contributed by atoms with Crippen LogP contribution in [0.5, 0.6) is 0 Å². The van der Waals surface area contributed by atoms with E-state index in [9.17, 15) is 4.79 Å². The van der Waals surface area contributed by atoms with E-state index in [-0.39, 0.29) is 5.91 Å². The van der Waals surface area contributed by atoms with Gasteiger partial charge in [-0.05, 0) is 12.8 Å². The number of carbonyl (C=O) groups is 1. The molecule has 0 radical (unpaired) electrons. The van der Waals surface area contributed by atoms with Gasteiger partial charge in [-0.3, -0.25) is 9.93 Å². The highest BCUT2D eigenvalue weighted by Crippen LogP contribution is 2.18. The molecule has 0 aromatic rings. The summed E-state index contributed by atoms with van der Waals surface area (Å²) in [5.41, 5.74) is 0. The summed E-state index contributed by atoms with van der Waals surface area (Å²) in [7, 11) is 0. The molecule has 2 N–H and O–H groups in total. The summed E-state index contributed by atoms with van der Waals surface area (Å²) in [6.45, 7) is 3.38. The van der Waals surface area contributed by atoms with Gasteiger partial charge in [0.2, 0.25) is 5.91 Å². The molecule has 1 fully saturated rings. The molecular weight excluding hydrogens is 160 g/mol. The van der Waals surface area contributed by atoms with E-state index in [2.05, 4.69) is 0 Å². The van der Waals surface area contributed by atoms with Gasteiger partial charge in [0, 0.05) is 25.3 Å².